The van der Waals surface area contributed by atoms with Gasteiger partial charge in [-0.2, -0.15) is 0 Å². The minimum Gasteiger partial charge on any atom is -0.496 e. The first-order valence-corrected chi connectivity index (χ1v) is 6.64. The Labute approximate surface area is 119 Å². The van der Waals surface area contributed by atoms with E-state index in [1.165, 1.54) is 0 Å². The fourth-order valence-electron chi connectivity index (χ4n) is 2.37. The highest BCUT2D eigenvalue weighted by Gasteiger charge is 2.17. The largest absolute Gasteiger partial charge is 0.496 e. The van der Waals surface area contributed by atoms with Crippen LogP contribution in [0.25, 0.3) is 0 Å². The molecule has 2 nitrogen and oxygen atoms in total. The van der Waals surface area contributed by atoms with E-state index < -0.39 is 0 Å². The van der Waals surface area contributed by atoms with Crippen LogP contribution >= 0.6 is 0 Å². The van der Waals surface area contributed by atoms with Gasteiger partial charge in [0.25, 0.3) is 0 Å². The van der Waals surface area contributed by atoms with Gasteiger partial charge in [-0.05, 0) is 44.2 Å². The third-order valence-electron chi connectivity index (χ3n) is 3.51. The second kappa shape index (κ2) is 6.06. The molecule has 0 bridgehead atoms. The maximum atomic E-state index is 13.8. The molecule has 1 N–H and O–H groups in total. The summed E-state index contributed by atoms with van der Waals surface area (Å²) in [6.07, 6.45) is 0. The lowest BCUT2D eigenvalue weighted by Crippen LogP contribution is -2.19. The fourth-order valence-corrected chi connectivity index (χ4v) is 2.37. The third-order valence-corrected chi connectivity index (χ3v) is 3.51. The summed E-state index contributed by atoms with van der Waals surface area (Å²) in [5, 5.41) is 3.24. The summed E-state index contributed by atoms with van der Waals surface area (Å²) >= 11 is 0. The molecule has 0 radical (unpaired) electrons. The van der Waals surface area contributed by atoms with Gasteiger partial charge < -0.3 is 10.1 Å². The molecule has 0 aliphatic rings. The highest BCUT2D eigenvalue weighted by atomic mass is 19.1. The zero-order chi connectivity index (χ0) is 14.7. The molecule has 20 heavy (non-hydrogen) atoms. The molecule has 0 saturated heterocycles. The molecular formula is C17H20FNO. The molecule has 106 valence electrons. The second-order valence-corrected chi connectivity index (χ2v) is 4.98. The number of rotatable bonds is 4. The summed E-state index contributed by atoms with van der Waals surface area (Å²) in [5.41, 5.74) is 3.70. The molecule has 2 aromatic rings. The van der Waals surface area contributed by atoms with Gasteiger partial charge in [-0.25, -0.2) is 4.39 Å². The first-order valence-electron chi connectivity index (χ1n) is 6.64. The van der Waals surface area contributed by atoms with Gasteiger partial charge in [0.1, 0.15) is 11.6 Å². The Morgan fingerprint density at radius 2 is 1.85 bits per heavy atom. The summed E-state index contributed by atoms with van der Waals surface area (Å²) in [6, 6.07) is 11.2. The Kier molecular flexibility index (Phi) is 4.40. The van der Waals surface area contributed by atoms with E-state index in [-0.39, 0.29) is 11.9 Å². The maximum Gasteiger partial charge on any atom is 0.126 e. The predicted molar refractivity (Wildman–Crippen MR) is 79.8 cm³/mol. The predicted octanol–water partition coefficient (Wildman–Crippen LogP) is 3.76. The van der Waals surface area contributed by atoms with E-state index >= 15 is 0 Å². The Morgan fingerprint density at radius 1 is 1.10 bits per heavy atom. The van der Waals surface area contributed by atoms with E-state index in [0.29, 0.717) is 5.56 Å². The smallest absolute Gasteiger partial charge is 0.126 e. The number of nitrogens with one attached hydrogen (secondary N) is 1. The van der Waals surface area contributed by atoms with Crippen LogP contribution in [-0.4, -0.2) is 14.2 Å². The van der Waals surface area contributed by atoms with Crippen LogP contribution in [0.4, 0.5) is 4.39 Å². The highest BCUT2D eigenvalue weighted by molar-refractivity contribution is 5.44. The lowest BCUT2D eigenvalue weighted by molar-refractivity contribution is 0.405. The van der Waals surface area contributed by atoms with Crippen molar-refractivity contribution in [2.24, 2.45) is 0 Å². The lowest BCUT2D eigenvalue weighted by atomic mass is 9.95. The molecule has 0 saturated carbocycles. The number of hydrogen-bond donors (Lipinski definition) is 1. The van der Waals surface area contributed by atoms with Crippen LogP contribution < -0.4 is 10.1 Å². The fraction of sp³-hybridized carbons (Fsp3) is 0.294. The Morgan fingerprint density at radius 3 is 2.45 bits per heavy atom. The molecule has 2 rings (SSSR count). The maximum absolute atomic E-state index is 13.8. The van der Waals surface area contributed by atoms with Crippen molar-refractivity contribution >= 4 is 0 Å². The average molecular weight is 273 g/mol. The summed E-state index contributed by atoms with van der Waals surface area (Å²) in [5.74, 6) is 0.616. The minimum absolute atomic E-state index is 0.0973. The number of aryl methyl sites for hydroxylation is 2. The SMILES string of the molecule is CNC(c1ccc(C)c(F)c1)c1cc(C)ccc1OC. The summed E-state index contributed by atoms with van der Waals surface area (Å²) in [7, 11) is 3.51. The minimum atomic E-state index is -0.186. The Hall–Kier alpha value is -1.87. The van der Waals surface area contributed by atoms with E-state index in [1.807, 2.05) is 32.2 Å². The summed E-state index contributed by atoms with van der Waals surface area (Å²) in [6.45, 7) is 3.80. The van der Waals surface area contributed by atoms with Gasteiger partial charge in [0.2, 0.25) is 0 Å². The van der Waals surface area contributed by atoms with Crippen LogP contribution in [0.15, 0.2) is 36.4 Å². The van der Waals surface area contributed by atoms with Gasteiger partial charge in [-0.1, -0.05) is 29.8 Å². The van der Waals surface area contributed by atoms with Crippen molar-refractivity contribution in [2.45, 2.75) is 19.9 Å². The molecule has 1 atom stereocenters. The van der Waals surface area contributed by atoms with Crippen molar-refractivity contribution in [3.8, 4) is 5.75 Å². The molecule has 0 heterocycles. The van der Waals surface area contributed by atoms with Crippen LogP contribution in [0.1, 0.15) is 28.3 Å². The average Bonchev–Trinajstić information content (AvgIpc) is 2.44. The molecule has 3 heteroatoms. The Balaban J connectivity index is 2.51. The number of benzene rings is 2. The lowest BCUT2D eigenvalue weighted by Gasteiger charge is -2.21. The Bertz CT molecular complexity index is 610. The van der Waals surface area contributed by atoms with Gasteiger partial charge in [0.15, 0.2) is 0 Å². The third kappa shape index (κ3) is 2.83. The molecule has 0 fully saturated rings. The quantitative estimate of drug-likeness (QED) is 0.915. The van der Waals surface area contributed by atoms with Crippen LogP contribution in [0.2, 0.25) is 0 Å². The van der Waals surface area contributed by atoms with Gasteiger partial charge in [0.05, 0.1) is 13.2 Å². The monoisotopic (exact) mass is 273 g/mol. The van der Waals surface area contributed by atoms with Gasteiger partial charge in [-0.3, -0.25) is 0 Å². The number of hydrogen-bond acceptors (Lipinski definition) is 2. The van der Waals surface area contributed by atoms with Crippen molar-refractivity contribution in [1.82, 2.24) is 5.32 Å². The van der Waals surface area contributed by atoms with Crippen molar-refractivity contribution in [3.63, 3.8) is 0 Å². The summed E-state index contributed by atoms with van der Waals surface area (Å²) in [4.78, 5) is 0. The molecular weight excluding hydrogens is 253 g/mol. The van der Waals surface area contributed by atoms with Crippen LogP contribution in [-0.2, 0) is 0 Å². The van der Waals surface area contributed by atoms with E-state index in [9.17, 15) is 4.39 Å². The molecule has 1 unspecified atom stereocenters. The molecule has 2 aromatic carbocycles. The molecule has 0 aromatic heterocycles. The molecule has 0 amide bonds. The van der Waals surface area contributed by atoms with Gasteiger partial charge in [-0.15, -0.1) is 0 Å². The van der Waals surface area contributed by atoms with E-state index in [2.05, 4.69) is 11.4 Å². The number of ether oxygens (including phenoxy) is 1. The van der Waals surface area contributed by atoms with Crippen molar-refractivity contribution in [2.75, 3.05) is 14.2 Å². The molecule has 0 aliphatic heterocycles. The number of methoxy groups -OCH3 is 1. The zero-order valence-corrected chi connectivity index (χ0v) is 12.3. The van der Waals surface area contributed by atoms with Crippen molar-refractivity contribution < 1.29 is 9.13 Å². The van der Waals surface area contributed by atoms with Crippen LogP contribution in [0.5, 0.6) is 5.75 Å². The topological polar surface area (TPSA) is 21.3 Å². The highest BCUT2D eigenvalue weighted by Crippen LogP contribution is 2.31. The van der Waals surface area contributed by atoms with E-state index in [0.717, 1.165) is 22.4 Å². The van der Waals surface area contributed by atoms with Gasteiger partial charge in [0, 0.05) is 5.56 Å². The number of halogens is 1. The standard InChI is InChI=1S/C17H20FNO/c1-11-5-8-16(20-4)14(9-11)17(19-3)13-7-6-12(2)15(18)10-13/h5-10,17,19H,1-4H3. The van der Waals surface area contributed by atoms with Crippen molar-refractivity contribution in [3.05, 3.63) is 64.5 Å². The second-order valence-electron chi connectivity index (χ2n) is 4.98. The van der Waals surface area contributed by atoms with Gasteiger partial charge >= 0.3 is 0 Å². The first kappa shape index (κ1) is 14.5. The van der Waals surface area contributed by atoms with Crippen molar-refractivity contribution in [1.29, 1.82) is 0 Å². The van der Waals surface area contributed by atoms with Crippen LogP contribution in [0.3, 0.4) is 0 Å². The van der Waals surface area contributed by atoms with E-state index in [1.54, 1.807) is 26.2 Å². The normalized spacial score (nSPS) is 12.2. The zero-order valence-electron chi connectivity index (χ0n) is 12.3. The van der Waals surface area contributed by atoms with E-state index in [4.69, 9.17) is 4.74 Å². The van der Waals surface area contributed by atoms with Crippen LogP contribution in [0, 0.1) is 19.7 Å². The summed E-state index contributed by atoms with van der Waals surface area (Å²) < 4.78 is 19.2. The molecule has 0 aliphatic carbocycles. The molecule has 0 spiro atoms. The first-order chi connectivity index (χ1) is 9.56.